The van der Waals surface area contributed by atoms with Gasteiger partial charge in [-0.2, -0.15) is 0 Å². The van der Waals surface area contributed by atoms with Crippen molar-refractivity contribution in [1.29, 1.82) is 0 Å². The van der Waals surface area contributed by atoms with Gasteiger partial charge in [0.05, 0.1) is 5.92 Å². The molecule has 1 rings (SSSR count). The Kier molecular flexibility index (Phi) is 12.4. The monoisotopic (exact) mass is 493 g/mol. The zero-order chi connectivity index (χ0) is 25.1. The van der Waals surface area contributed by atoms with Crippen molar-refractivity contribution in [2.75, 3.05) is 11.5 Å². The van der Waals surface area contributed by atoms with Gasteiger partial charge in [-0.15, -0.1) is 0 Å². The molecule has 3 N–H and O–H groups in total. The molecule has 2 amide bonds. The number of benzene rings is 1. The van der Waals surface area contributed by atoms with Gasteiger partial charge >= 0.3 is 0 Å². The van der Waals surface area contributed by atoms with Gasteiger partial charge in [-0.3, -0.25) is 24.2 Å². The summed E-state index contributed by atoms with van der Waals surface area (Å²) < 4.78 is 0. The van der Waals surface area contributed by atoms with Crippen molar-refractivity contribution in [1.82, 2.24) is 5.32 Å². The van der Waals surface area contributed by atoms with Crippen LogP contribution < -0.4 is 11.1 Å². The Bertz CT molecular complexity index is 865. The molecule has 0 bridgehead atoms. The molecule has 1 aromatic carbocycles. The van der Waals surface area contributed by atoms with Gasteiger partial charge in [0.2, 0.25) is 16.9 Å². The van der Waals surface area contributed by atoms with E-state index in [1.165, 1.54) is 12.5 Å². The molecule has 0 aliphatic carbocycles. The number of primary amides is 1. The first-order valence-electron chi connectivity index (χ1n) is 10.9. The Labute approximate surface area is 205 Å². The van der Waals surface area contributed by atoms with Gasteiger partial charge in [0, 0.05) is 24.1 Å². The molecule has 33 heavy (non-hydrogen) atoms. The van der Waals surface area contributed by atoms with Crippen LogP contribution in [0.4, 0.5) is 0 Å². The molecular weight excluding hydrogens is 458 g/mol. The Morgan fingerprint density at radius 3 is 2.00 bits per heavy atom. The third-order valence-corrected chi connectivity index (χ3v) is 6.84. The van der Waals surface area contributed by atoms with E-state index in [9.17, 15) is 19.2 Å². The number of carbonyl (C=O) groups excluding carboxylic acids is 4. The van der Waals surface area contributed by atoms with E-state index >= 15 is 0 Å². The van der Waals surface area contributed by atoms with E-state index < -0.39 is 23.9 Å². The van der Waals surface area contributed by atoms with Crippen molar-refractivity contribution < 1.29 is 19.2 Å². The van der Waals surface area contributed by atoms with Crippen molar-refractivity contribution in [3.8, 4) is 0 Å². The number of hydrogen-bond acceptors (Lipinski definition) is 7. The van der Waals surface area contributed by atoms with Crippen LogP contribution in [-0.2, 0) is 25.6 Å². The van der Waals surface area contributed by atoms with E-state index in [2.05, 4.69) is 36.3 Å². The maximum Gasteiger partial charge on any atom is 0.240 e. The number of carbonyl (C=O) groups is 4. The number of amides is 2. The second kappa shape index (κ2) is 14.2. The number of rotatable bonds is 12. The lowest BCUT2D eigenvalue weighted by atomic mass is 9.97. The lowest BCUT2D eigenvalue weighted by Crippen LogP contribution is -2.45. The number of aliphatic imine (C=N–C) groups is 1. The summed E-state index contributed by atoms with van der Waals surface area (Å²) in [6, 6.07) is 6.40. The van der Waals surface area contributed by atoms with Gasteiger partial charge in [0.25, 0.3) is 0 Å². The fourth-order valence-corrected chi connectivity index (χ4v) is 4.95. The van der Waals surface area contributed by atoms with Gasteiger partial charge in [-0.25, -0.2) is 0 Å². The number of nitrogens with two attached hydrogens (primary N) is 1. The second-order valence-corrected chi connectivity index (χ2v) is 10.6. The average molecular weight is 494 g/mol. The summed E-state index contributed by atoms with van der Waals surface area (Å²) in [4.78, 5) is 52.6. The molecule has 7 nitrogen and oxygen atoms in total. The van der Waals surface area contributed by atoms with Crippen LogP contribution in [0.5, 0.6) is 0 Å². The fourth-order valence-electron chi connectivity index (χ4n) is 3.01. The minimum atomic E-state index is -0.947. The minimum absolute atomic E-state index is 0.0142. The normalized spacial score (nSPS) is 13.7. The lowest BCUT2D eigenvalue weighted by Gasteiger charge is -2.16. The number of nitrogens with one attached hydrogen (secondary N) is 1. The van der Waals surface area contributed by atoms with Crippen LogP contribution in [0, 0.1) is 5.92 Å². The molecule has 0 fully saturated rings. The number of thioether (sulfide) groups is 2. The largest absolute Gasteiger partial charge is 0.368 e. The summed E-state index contributed by atoms with van der Waals surface area (Å²) >= 11 is 1.96. The molecule has 0 saturated heterocycles. The highest BCUT2D eigenvalue weighted by molar-refractivity contribution is 8.15. The van der Waals surface area contributed by atoms with Crippen molar-refractivity contribution in [2.45, 2.75) is 66.0 Å². The van der Waals surface area contributed by atoms with E-state index in [4.69, 9.17) is 5.73 Å². The summed E-state index contributed by atoms with van der Waals surface area (Å²) in [6.45, 7) is 11.0. The van der Waals surface area contributed by atoms with Gasteiger partial charge in [0.1, 0.15) is 12.1 Å². The molecule has 0 radical (unpaired) electrons. The molecule has 0 aliphatic heterocycles. The van der Waals surface area contributed by atoms with Gasteiger partial charge in [-0.05, 0) is 37.3 Å². The number of hydrogen-bond donors (Lipinski definition) is 2. The molecule has 0 saturated carbocycles. The predicted molar refractivity (Wildman–Crippen MR) is 138 cm³/mol. The molecule has 182 valence electrons. The van der Waals surface area contributed by atoms with E-state index in [0.29, 0.717) is 11.6 Å². The average Bonchev–Trinajstić information content (AvgIpc) is 2.72. The Morgan fingerprint density at radius 1 is 0.939 bits per heavy atom. The summed E-state index contributed by atoms with van der Waals surface area (Å²) in [5.74, 6) is -0.643. The van der Waals surface area contributed by atoms with Gasteiger partial charge < -0.3 is 11.1 Å². The smallest absolute Gasteiger partial charge is 0.240 e. The summed E-state index contributed by atoms with van der Waals surface area (Å²) in [5, 5.41) is 2.12. The van der Waals surface area contributed by atoms with Crippen molar-refractivity contribution in [2.24, 2.45) is 16.6 Å². The SMILES string of the molecule is CC(=O)NC(CSC(=O)C(CSC(=O)C(C)c1ccc(CC(C)C)cc1)N=C(C)C)C(N)=O. The third-order valence-electron chi connectivity index (χ3n) is 4.66. The molecule has 0 spiro atoms. The van der Waals surface area contributed by atoms with Gasteiger partial charge in [0.15, 0.2) is 5.12 Å². The molecule has 9 heteroatoms. The summed E-state index contributed by atoms with van der Waals surface area (Å²) in [6.07, 6.45) is 0.992. The highest BCUT2D eigenvalue weighted by Crippen LogP contribution is 2.25. The Hall–Kier alpha value is -2.13. The molecule has 0 aromatic heterocycles. The van der Waals surface area contributed by atoms with Crippen molar-refractivity contribution in [3.63, 3.8) is 0 Å². The maximum absolute atomic E-state index is 12.8. The van der Waals surface area contributed by atoms with Crippen LogP contribution in [0.3, 0.4) is 0 Å². The third kappa shape index (κ3) is 11.0. The summed E-state index contributed by atoms with van der Waals surface area (Å²) in [5.41, 5.74) is 8.18. The first kappa shape index (κ1) is 28.9. The first-order chi connectivity index (χ1) is 15.4. The van der Waals surface area contributed by atoms with Crippen LogP contribution in [-0.4, -0.2) is 51.3 Å². The zero-order valence-corrected chi connectivity index (χ0v) is 21.8. The molecule has 0 heterocycles. The van der Waals surface area contributed by atoms with Gasteiger partial charge in [-0.1, -0.05) is 68.6 Å². The predicted octanol–water partition coefficient (Wildman–Crippen LogP) is 3.35. The lowest BCUT2D eigenvalue weighted by molar-refractivity contribution is -0.125. The van der Waals surface area contributed by atoms with Crippen LogP contribution >= 0.6 is 23.5 Å². The zero-order valence-electron chi connectivity index (χ0n) is 20.2. The molecular formula is C24H35N3O4S2. The molecule has 3 atom stereocenters. The first-order valence-corrected chi connectivity index (χ1v) is 12.9. The standard InChI is InChI=1S/C24H35N3O4S2/c1-14(2)11-18-7-9-19(10-8-18)16(5)23(30)32-13-21(26-15(3)4)24(31)33-12-20(22(25)29)27-17(6)28/h7-10,14,16,20-21H,11-13H2,1-6H3,(H2,25,29)(H,27,28). The van der Waals surface area contributed by atoms with E-state index in [-0.39, 0.29) is 27.7 Å². The van der Waals surface area contributed by atoms with Crippen LogP contribution in [0.15, 0.2) is 29.3 Å². The molecule has 1 aromatic rings. The van der Waals surface area contributed by atoms with Crippen molar-refractivity contribution in [3.05, 3.63) is 35.4 Å². The van der Waals surface area contributed by atoms with E-state index in [0.717, 1.165) is 35.5 Å². The maximum atomic E-state index is 12.8. The number of nitrogens with zero attached hydrogens (tertiary/aromatic N) is 1. The van der Waals surface area contributed by atoms with E-state index in [1.807, 2.05) is 19.1 Å². The fraction of sp³-hybridized carbons (Fsp3) is 0.542. The molecule has 3 unspecified atom stereocenters. The van der Waals surface area contributed by atoms with Crippen LogP contribution in [0.1, 0.15) is 58.6 Å². The Morgan fingerprint density at radius 2 is 1.52 bits per heavy atom. The van der Waals surface area contributed by atoms with Crippen LogP contribution in [0.25, 0.3) is 0 Å². The highest BCUT2D eigenvalue weighted by Gasteiger charge is 2.25. The quantitative estimate of drug-likeness (QED) is 0.431. The van der Waals surface area contributed by atoms with Crippen molar-refractivity contribution >= 4 is 51.3 Å². The topological polar surface area (TPSA) is 119 Å². The molecule has 0 aliphatic rings. The Balaban J connectivity index is 2.75. The minimum Gasteiger partial charge on any atom is -0.368 e. The highest BCUT2D eigenvalue weighted by atomic mass is 32.2. The van der Waals surface area contributed by atoms with E-state index in [1.54, 1.807) is 13.8 Å². The summed E-state index contributed by atoms with van der Waals surface area (Å²) in [7, 11) is 0. The second-order valence-electron chi connectivity index (χ2n) is 8.57. The van der Waals surface area contributed by atoms with Crippen LogP contribution in [0.2, 0.25) is 0 Å².